The highest BCUT2D eigenvalue weighted by molar-refractivity contribution is 8.18. The number of carbonyl (C=O) groups is 4. The second-order valence-electron chi connectivity index (χ2n) is 6.97. The van der Waals surface area contributed by atoms with Gasteiger partial charge in [0.2, 0.25) is 5.91 Å². The Balaban J connectivity index is 1.70. The zero-order chi connectivity index (χ0) is 21.5. The Hall–Kier alpha value is -2.81. The number of thioether (sulfide) groups is 1. The van der Waals surface area contributed by atoms with Gasteiger partial charge in [0.15, 0.2) is 6.61 Å². The average Bonchev–Trinajstić information content (AvgIpc) is 2.95. The lowest BCUT2D eigenvalue weighted by molar-refractivity contribution is -0.143. The number of para-hydroxylation sites is 1. The van der Waals surface area contributed by atoms with E-state index in [1.807, 2.05) is 0 Å². The number of nitrogens with zero attached hydrogens (tertiary/aromatic N) is 2. The summed E-state index contributed by atoms with van der Waals surface area (Å²) >= 11 is 0.788. The van der Waals surface area contributed by atoms with Gasteiger partial charge in [-0.25, -0.2) is 4.79 Å². The lowest BCUT2D eigenvalue weighted by Gasteiger charge is -2.22. The maximum atomic E-state index is 12.8. The van der Waals surface area contributed by atoms with E-state index in [-0.39, 0.29) is 24.0 Å². The molecule has 2 aliphatic heterocycles. The van der Waals surface area contributed by atoms with Crippen LogP contribution in [0.1, 0.15) is 31.2 Å². The molecule has 2 saturated heterocycles. The van der Waals surface area contributed by atoms with Crippen LogP contribution in [0.4, 0.5) is 4.79 Å². The molecule has 0 atom stereocenters. The van der Waals surface area contributed by atoms with Crippen molar-refractivity contribution in [3.8, 4) is 5.75 Å². The van der Waals surface area contributed by atoms with E-state index < -0.39 is 17.1 Å². The number of hydrogen-bond donors (Lipinski definition) is 0. The first-order valence-electron chi connectivity index (χ1n) is 9.81. The molecule has 3 rings (SSSR count). The Morgan fingerprint density at radius 2 is 1.80 bits per heavy atom. The Morgan fingerprint density at radius 1 is 1.10 bits per heavy atom. The third kappa shape index (κ3) is 5.41. The summed E-state index contributed by atoms with van der Waals surface area (Å²) in [6.07, 6.45) is 5.59. The highest BCUT2D eigenvalue weighted by Crippen LogP contribution is 2.34. The first-order chi connectivity index (χ1) is 14.5. The molecule has 0 bridgehead atoms. The molecular formula is C21H24N2O6S. The molecule has 160 valence electrons. The van der Waals surface area contributed by atoms with Crippen LogP contribution in [0.15, 0.2) is 29.2 Å². The molecule has 1 aromatic carbocycles. The molecule has 0 aromatic heterocycles. The molecule has 0 saturated carbocycles. The van der Waals surface area contributed by atoms with Crippen molar-refractivity contribution in [2.75, 3.05) is 33.4 Å². The summed E-state index contributed by atoms with van der Waals surface area (Å²) in [5.41, 5.74) is 0.547. The number of amides is 3. The number of hydrogen-bond acceptors (Lipinski definition) is 7. The summed E-state index contributed by atoms with van der Waals surface area (Å²) in [6, 6.07) is 6.85. The van der Waals surface area contributed by atoms with Gasteiger partial charge in [-0.2, -0.15) is 0 Å². The summed E-state index contributed by atoms with van der Waals surface area (Å²) in [7, 11) is 1.26. The first kappa shape index (κ1) is 21.9. The molecule has 0 unspecified atom stereocenters. The van der Waals surface area contributed by atoms with Crippen molar-refractivity contribution in [2.24, 2.45) is 0 Å². The third-order valence-electron chi connectivity index (χ3n) is 4.90. The molecule has 1 aromatic rings. The largest absolute Gasteiger partial charge is 0.481 e. The van der Waals surface area contributed by atoms with E-state index in [1.165, 1.54) is 13.2 Å². The maximum absolute atomic E-state index is 12.8. The highest BCUT2D eigenvalue weighted by atomic mass is 32.2. The van der Waals surface area contributed by atoms with Crippen molar-refractivity contribution in [3.63, 3.8) is 0 Å². The minimum absolute atomic E-state index is 0.206. The minimum atomic E-state index is -0.530. The molecule has 9 heteroatoms. The number of methoxy groups -OCH3 is 1. The third-order valence-corrected chi connectivity index (χ3v) is 5.81. The predicted molar refractivity (Wildman–Crippen MR) is 112 cm³/mol. The van der Waals surface area contributed by atoms with Gasteiger partial charge in [0.25, 0.3) is 11.1 Å². The van der Waals surface area contributed by atoms with Gasteiger partial charge in [0.1, 0.15) is 12.3 Å². The lowest BCUT2D eigenvalue weighted by Crippen LogP contribution is -2.42. The van der Waals surface area contributed by atoms with Crippen LogP contribution in [0.2, 0.25) is 0 Å². The van der Waals surface area contributed by atoms with Gasteiger partial charge < -0.3 is 14.4 Å². The molecule has 3 amide bonds. The van der Waals surface area contributed by atoms with Crippen molar-refractivity contribution in [1.82, 2.24) is 9.80 Å². The van der Waals surface area contributed by atoms with Gasteiger partial charge in [-0.05, 0) is 36.7 Å². The van der Waals surface area contributed by atoms with Crippen LogP contribution in [-0.4, -0.2) is 66.2 Å². The van der Waals surface area contributed by atoms with Gasteiger partial charge >= 0.3 is 5.97 Å². The summed E-state index contributed by atoms with van der Waals surface area (Å²) in [4.78, 5) is 52.0. The number of benzene rings is 1. The second-order valence-corrected chi connectivity index (χ2v) is 7.96. The van der Waals surface area contributed by atoms with Gasteiger partial charge in [0, 0.05) is 18.7 Å². The maximum Gasteiger partial charge on any atom is 0.343 e. The van der Waals surface area contributed by atoms with Crippen LogP contribution in [0.25, 0.3) is 6.08 Å². The van der Waals surface area contributed by atoms with Crippen molar-refractivity contribution < 1.29 is 28.7 Å². The minimum Gasteiger partial charge on any atom is -0.481 e. The Bertz CT molecular complexity index is 861. The molecule has 0 radical (unpaired) electrons. The molecule has 2 aliphatic rings. The fourth-order valence-corrected chi connectivity index (χ4v) is 4.09. The zero-order valence-electron chi connectivity index (χ0n) is 16.8. The van der Waals surface area contributed by atoms with Crippen LogP contribution in [0.3, 0.4) is 0 Å². The summed E-state index contributed by atoms with van der Waals surface area (Å²) in [5, 5.41) is -0.470. The SMILES string of the molecule is COC(=O)COc1ccccc1C=C1SC(=O)N(CC(=O)N2CCCCCC2)C1=O. The summed E-state index contributed by atoms with van der Waals surface area (Å²) in [6.45, 7) is 0.807. The molecule has 0 spiro atoms. The van der Waals surface area contributed by atoms with Crippen LogP contribution in [0.5, 0.6) is 5.75 Å². The predicted octanol–water partition coefficient (Wildman–Crippen LogP) is 2.68. The van der Waals surface area contributed by atoms with Crippen molar-refractivity contribution >= 4 is 40.9 Å². The van der Waals surface area contributed by atoms with Crippen LogP contribution < -0.4 is 4.74 Å². The van der Waals surface area contributed by atoms with Crippen molar-refractivity contribution in [1.29, 1.82) is 0 Å². The van der Waals surface area contributed by atoms with Gasteiger partial charge in [-0.1, -0.05) is 31.0 Å². The van der Waals surface area contributed by atoms with Gasteiger partial charge in [-0.3, -0.25) is 19.3 Å². The molecule has 0 aliphatic carbocycles. The topological polar surface area (TPSA) is 93.2 Å². The molecule has 2 heterocycles. The van der Waals surface area contributed by atoms with E-state index >= 15 is 0 Å². The van der Waals surface area contributed by atoms with E-state index in [0.29, 0.717) is 24.4 Å². The molecule has 2 fully saturated rings. The van der Waals surface area contributed by atoms with Crippen molar-refractivity contribution in [2.45, 2.75) is 25.7 Å². The Labute approximate surface area is 179 Å². The molecule has 0 N–H and O–H groups in total. The number of ether oxygens (including phenoxy) is 2. The quantitative estimate of drug-likeness (QED) is 0.504. The Kier molecular flexibility index (Phi) is 7.51. The number of likely N-dealkylation sites (tertiary alicyclic amines) is 1. The zero-order valence-corrected chi connectivity index (χ0v) is 17.6. The number of esters is 1. The number of rotatable bonds is 6. The van der Waals surface area contributed by atoms with Crippen LogP contribution in [0, 0.1) is 0 Å². The van der Waals surface area contributed by atoms with E-state index in [4.69, 9.17) is 4.74 Å². The Morgan fingerprint density at radius 3 is 2.50 bits per heavy atom. The van der Waals surface area contributed by atoms with Crippen LogP contribution in [-0.2, 0) is 19.1 Å². The van der Waals surface area contributed by atoms with Gasteiger partial charge in [-0.15, -0.1) is 0 Å². The first-order valence-corrected chi connectivity index (χ1v) is 10.6. The average molecular weight is 432 g/mol. The standard InChI is InChI=1S/C21H24N2O6S/c1-28-19(25)14-29-16-9-5-4-8-15(16)12-17-20(26)23(21(27)30-17)13-18(24)22-10-6-2-3-7-11-22/h4-5,8-9,12H,2-3,6-7,10-11,13-14H2,1H3. The number of imide groups is 1. The van der Waals surface area contributed by atoms with E-state index in [0.717, 1.165) is 42.3 Å². The van der Waals surface area contributed by atoms with Gasteiger partial charge in [0.05, 0.1) is 12.0 Å². The van der Waals surface area contributed by atoms with E-state index in [1.54, 1.807) is 29.2 Å². The summed E-state index contributed by atoms with van der Waals surface area (Å²) < 4.78 is 10.0. The highest BCUT2D eigenvalue weighted by Gasteiger charge is 2.37. The van der Waals surface area contributed by atoms with Crippen LogP contribution >= 0.6 is 11.8 Å². The van der Waals surface area contributed by atoms with E-state index in [9.17, 15) is 19.2 Å². The van der Waals surface area contributed by atoms with Crippen molar-refractivity contribution in [3.05, 3.63) is 34.7 Å². The lowest BCUT2D eigenvalue weighted by atomic mass is 10.2. The second kappa shape index (κ2) is 10.3. The molecule has 8 nitrogen and oxygen atoms in total. The number of carbonyl (C=O) groups excluding carboxylic acids is 4. The van der Waals surface area contributed by atoms with E-state index in [2.05, 4.69) is 4.74 Å². The molecule has 30 heavy (non-hydrogen) atoms. The smallest absolute Gasteiger partial charge is 0.343 e. The fourth-order valence-electron chi connectivity index (χ4n) is 3.26. The monoisotopic (exact) mass is 432 g/mol. The molecular weight excluding hydrogens is 408 g/mol. The fraction of sp³-hybridized carbons (Fsp3) is 0.429. The normalized spacial score (nSPS) is 18.5. The summed E-state index contributed by atoms with van der Waals surface area (Å²) in [5.74, 6) is -0.856.